The van der Waals surface area contributed by atoms with Gasteiger partial charge >= 0.3 is 17.1 Å². The summed E-state index contributed by atoms with van der Waals surface area (Å²) < 4.78 is 0. The third kappa shape index (κ3) is 9.67. The first-order valence-electron chi connectivity index (χ1n) is 3.41. The van der Waals surface area contributed by atoms with Crippen molar-refractivity contribution in [3.63, 3.8) is 0 Å². The first kappa shape index (κ1) is 13.3. The van der Waals surface area contributed by atoms with Crippen molar-refractivity contribution in [3.8, 4) is 0 Å². The van der Waals surface area contributed by atoms with E-state index < -0.39 is 0 Å². The van der Waals surface area contributed by atoms with Crippen molar-refractivity contribution in [1.82, 2.24) is 0 Å². The van der Waals surface area contributed by atoms with E-state index in [-0.39, 0.29) is 17.1 Å². The molecule has 0 aliphatic heterocycles. The summed E-state index contributed by atoms with van der Waals surface area (Å²) in [4.78, 5) is 9.95. The van der Waals surface area contributed by atoms with Crippen molar-refractivity contribution in [1.29, 1.82) is 0 Å². The van der Waals surface area contributed by atoms with Gasteiger partial charge in [0.15, 0.2) is 0 Å². The van der Waals surface area contributed by atoms with E-state index in [0.717, 1.165) is 24.7 Å². The van der Waals surface area contributed by atoms with E-state index in [1.807, 2.05) is 19.9 Å². The Bertz CT molecular complexity index is 148. The fourth-order valence-corrected chi connectivity index (χ4v) is 0.644. The van der Waals surface area contributed by atoms with Gasteiger partial charge < -0.3 is 6.08 Å². The predicted octanol–water partition coefficient (Wildman–Crippen LogP) is 2.29. The van der Waals surface area contributed by atoms with Crippen LogP contribution in [0.15, 0.2) is 17.7 Å². The topological polar surface area (TPSA) is 17.1 Å². The summed E-state index contributed by atoms with van der Waals surface area (Å²) in [5, 5.41) is 0. The van der Waals surface area contributed by atoms with Gasteiger partial charge in [0.05, 0.1) is 0 Å². The van der Waals surface area contributed by atoms with Gasteiger partial charge in [0.1, 0.15) is 6.29 Å². The van der Waals surface area contributed by atoms with Gasteiger partial charge in [-0.25, -0.2) is 0 Å². The summed E-state index contributed by atoms with van der Waals surface area (Å²) in [6.07, 6.45) is 9.26. The molecule has 1 nitrogen and oxygen atoms in total. The molecule has 11 heavy (non-hydrogen) atoms. The molecule has 0 saturated heterocycles. The van der Waals surface area contributed by atoms with E-state index in [9.17, 15) is 4.79 Å². The minimum Gasteiger partial charge on any atom is -0.504 e. The van der Waals surface area contributed by atoms with Crippen LogP contribution >= 0.6 is 0 Å². The summed E-state index contributed by atoms with van der Waals surface area (Å²) in [6.45, 7) is 3.83. The molecule has 0 fully saturated rings. The second-order valence-electron chi connectivity index (χ2n) is 2.18. The fourth-order valence-electron chi connectivity index (χ4n) is 0.644. The predicted molar refractivity (Wildman–Crippen MR) is 42.5 cm³/mol. The van der Waals surface area contributed by atoms with Crippen molar-refractivity contribution < 1.29 is 21.9 Å². The largest absolute Gasteiger partial charge is 2.00 e. The van der Waals surface area contributed by atoms with E-state index in [0.29, 0.717) is 0 Å². The molecular formula is C9H13FeO+. The first-order chi connectivity index (χ1) is 4.81. The molecule has 0 aromatic heterocycles. The van der Waals surface area contributed by atoms with E-state index in [4.69, 9.17) is 0 Å². The van der Waals surface area contributed by atoms with Gasteiger partial charge in [0.2, 0.25) is 0 Å². The molecule has 0 rings (SSSR count). The van der Waals surface area contributed by atoms with Crippen LogP contribution in [0, 0.1) is 6.08 Å². The van der Waals surface area contributed by atoms with Crippen molar-refractivity contribution >= 4 is 6.29 Å². The quantitative estimate of drug-likeness (QED) is 0.289. The van der Waals surface area contributed by atoms with Gasteiger partial charge in [0.25, 0.3) is 0 Å². The average Bonchev–Trinajstić information content (AvgIpc) is 1.89. The number of hydrogen-bond acceptors (Lipinski definition) is 1. The minimum atomic E-state index is 0. The average molecular weight is 193 g/mol. The first-order valence-corrected chi connectivity index (χ1v) is 3.41. The Morgan fingerprint density at radius 2 is 2.18 bits per heavy atom. The van der Waals surface area contributed by atoms with Crippen molar-refractivity contribution in [3.05, 3.63) is 23.8 Å². The number of carbonyl (C=O) groups is 1. The molecule has 0 aliphatic carbocycles. The Morgan fingerprint density at radius 1 is 1.55 bits per heavy atom. The van der Waals surface area contributed by atoms with Crippen LogP contribution in [0.25, 0.3) is 0 Å². The van der Waals surface area contributed by atoms with Gasteiger partial charge in [-0.2, -0.15) is 6.92 Å². The molecular weight excluding hydrogens is 180 g/mol. The maximum absolute atomic E-state index is 9.95. The molecule has 2 heteroatoms. The number of allylic oxidation sites excluding steroid dienone is 4. The van der Waals surface area contributed by atoms with E-state index in [1.54, 1.807) is 6.08 Å². The standard InChI is InChI=1S/C9H13O.Fe/c1-3-4-5-6-9(2)7-8-10;/h4,7-8H,5-6H2,1-2H3;/q-1;+2/b9-7-;. The van der Waals surface area contributed by atoms with Crippen molar-refractivity contribution in [2.24, 2.45) is 0 Å². The molecule has 0 aromatic carbocycles. The second-order valence-corrected chi connectivity index (χ2v) is 2.18. The second kappa shape index (κ2) is 9.67. The molecule has 0 aliphatic rings. The van der Waals surface area contributed by atoms with Crippen LogP contribution < -0.4 is 0 Å². The van der Waals surface area contributed by atoms with Crippen LogP contribution in [0.3, 0.4) is 0 Å². The number of hydrogen-bond donors (Lipinski definition) is 0. The molecule has 0 N–H and O–H groups in total. The fraction of sp³-hybridized carbons (Fsp3) is 0.444. The summed E-state index contributed by atoms with van der Waals surface area (Å²) in [5.74, 6) is 0. The third-order valence-corrected chi connectivity index (χ3v) is 1.24. The Kier molecular flexibility index (Phi) is 11.7. The maximum Gasteiger partial charge on any atom is 2.00 e. The van der Waals surface area contributed by atoms with Crippen LogP contribution in [0.1, 0.15) is 26.7 Å². The summed E-state index contributed by atoms with van der Waals surface area (Å²) in [5.41, 5.74) is 1.13. The van der Waals surface area contributed by atoms with Crippen molar-refractivity contribution in [2.75, 3.05) is 0 Å². The molecule has 0 amide bonds. The molecule has 0 atom stereocenters. The zero-order valence-corrected chi connectivity index (χ0v) is 8.01. The monoisotopic (exact) mass is 193 g/mol. The van der Waals surface area contributed by atoms with Crippen LogP contribution in [0.5, 0.6) is 0 Å². The summed E-state index contributed by atoms with van der Waals surface area (Å²) in [7, 11) is 0. The zero-order valence-electron chi connectivity index (χ0n) is 6.91. The molecule has 0 radical (unpaired) electrons. The van der Waals surface area contributed by atoms with Crippen molar-refractivity contribution in [2.45, 2.75) is 26.7 Å². The zero-order chi connectivity index (χ0) is 7.82. The smallest absolute Gasteiger partial charge is 0.504 e. The van der Waals surface area contributed by atoms with E-state index in [1.165, 1.54) is 0 Å². The van der Waals surface area contributed by atoms with Crippen LogP contribution in [-0.2, 0) is 21.9 Å². The molecule has 0 heterocycles. The van der Waals surface area contributed by atoms with Crippen LogP contribution in [0.4, 0.5) is 0 Å². The van der Waals surface area contributed by atoms with E-state index in [2.05, 4.69) is 6.08 Å². The van der Waals surface area contributed by atoms with Gasteiger partial charge in [-0.3, -0.25) is 10.9 Å². The van der Waals surface area contributed by atoms with Gasteiger partial charge in [-0.05, 0) is 19.4 Å². The van der Waals surface area contributed by atoms with Crippen LogP contribution in [0.2, 0.25) is 0 Å². The third-order valence-electron chi connectivity index (χ3n) is 1.24. The molecule has 0 bridgehead atoms. The number of aldehydes is 1. The van der Waals surface area contributed by atoms with Gasteiger partial charge in [-0.1, -0.05) is 12.0 Å². The maximum atomic E-state index is 9.95. The molecule has 0 unspecified atom stereocenters. The Hall–Kier alpha value is -0.331. The number of rotatable bonds is 4. The molecule has 0 saturated carbocycles. The molecule has 0 aromatic rings. The minimum absolute atomic E-state index is 0. The number of carbonyl (C=O) groups excluding carboxylic acids is 1. The van der Waals surface area contributed by atoms with Gasteiger partial charge in [0, 0.05) is 0 Å². The Morgan fingerprint density at radius 3 is 2.64 bits per heavy atom. The SMILES string of the molecule is C[C-]=CCC/C(C)=C\C=O.[Fe+2]. The Labute approximate surface area is 79.0 Å². The van der Waals surface area contributed by atoms with E-state index >= 15 is 0 Å². The summed E-state index contributed by atoms with van der Waals surface area (Å²) >= 11 is 0. The normalized spacial score (nSPS) is 11.3. The summed E-state index contributed by atoms with van der Waals surface area (Å²) in [6, 6.07) is 0. The van der Waals surface area contributed by atoms with Gasteiger partial charge in [-0.15, -0.1) is 0 Å². The molecule has 62 valence electrons. The van der Waals surface area contributed by atoms with Crippen LogP contribution in [-0.4, -0.2) is 6.29 Å². The Balaban J connectivity index is 0. The molecule has 0 spiro atoms.